The van der Waals surface area contributed by atoms with Crippen LogP contribution in [0.5, 0.6) is 5.75 Å². The molecule has 1 heterocycles. The highest BCUT2D eigenvalue weighted by molar-refractivity contribution is 5.63. The molecule has 2 aromatic carbocycles. The standard InChI is InChI=1S/C19H18N2O2.ClHO4/c1-13-18(15-7-5-4-6-8-15)19(22)20-14(2)21(13)16-9-11-17(23-3)12-10-16;2-1(3,4)5/h4-12H,1-3H3;(H,2,3,4,5). The lowest BCUT2D eigenvalue weighted by Gasteiger charge is -2.17. The molecule has 0 aliphatic heterocycles. The highest BCUT2D eigenvalue weighted by Crippen LogP contribution is 2.18. The molecule has 0 bridgehead atoms. The molecule has 8 nitrogen and oxygen atoms in total. The minimum Gasteiger partial charge on any atom is -0.497 e. The van der Waals surface area contributed by atoms with Crippen molar-refractivity contribution in [1.29, 1.82) is 0 Å². The van der Waals surface area contributed by atoms with Crippen LogP contribution in [-0.2, 0) is 0 Å². The van der Waals surface area contributed by atoms with E-state index >= 15 is 0 Å². The first kappa shape index (κ1) is 21.5. The number of aromatic nitrogens is 2. The molecule has 0 fully saturated rings. The van der Waals surface area contributed by atoms with E-state index in [9.17, 15) is 4.79 Å². The van der Waals surface area contributed by atoms with Crippen molar-refractivity contribution in [2.75, 3.05) is 7.11 Å². The maximum atomic E-state index is 12.5. The second kappa shape index (κ2) is 8.96. The number of hydrogen-bond donors (Lipinski definition) is 1. The van der Waals surface area contributed by atoms with Crippen molar-refractivity contribution in [2.24, 2.45) is 0 Å². The van der Waals surface area contributed by atoms with Gasteiger partial charge in [-0.2, -0.15) is 0 Å². The lowest BCUT2D eigenvalue weighted by molar-refractivity contribution is -2.00. The fourth-order valence-corrected chi connectivity index (χ4v) is 2.87. The van der Waals surface area contributed by atoms with Gasteiger partial charge in [0.15, 0.2) is 0 Å². The van der Waals surface area contributed by atoms with Crippen LogP contribution in [0.4, 0.5) is 0 Å². The van der Waals surface area contributed by atoms with Gasteiger partial charge < -0.3 is 4.74 Å². The van der Waals surface area contributed by atoms with Crippen molar-refractivity contribution in [3.05, 3.63) is 76.5 Å². The van der Waals surface area contributed by atoms with Crippen LogP contribution in [0.15, 0.2) is 59.4 Å². The summed E-state index contributed by atoms with van der Waals surface area (Å²) in [5, 5.41) is 0. The third-order valence-electron chi connectivity index (χ3n) is 3.95. The number of nitrogens with one attached hydrogen (secondary N) is 1. The van der Waals surface area contributed by atoms with Crippen LogP contribution in [0.3, 0.4) is 0 Å². The van der Waals surface area contributed by atoms with E-state index < -0.39 is 10.2 Å². The number of aryl methyl sites for hydroxylation is 1. The highest BCUT2D eigenvalue weighted by atomic mass is 35.7. The molecule has 0 atom stereocenters. The van der Waals surface area contributed by atoms with E-state index in [-0.39, 0.29) is 5.56 Å². The van der Waals surface area contributed by atoms with E-state index in [4.69, 9.17) is 23.4 Å². The van der Waals surface area contributed by atoms with Crippen LogP contribution in [0.25, 0.3) is 16.8 Å². The molecule has 1 aromatic heterocycles. The molecule has 28 heavy (non-hydrogen) atoms. The summed E-state index contributed by atoms with van der Waals surface area (Å²) >= 11 is 0. The molecule has 0 saturated carbocycles. The van der Waals surface area contributed by atoms with Gasteiger partial charge in [-0.25, -0.2) is 33.0 Å². The zero-order valence-corrected chi connectivity index (χ0v) is 16.2. The molecule has 0 spiro atoms. The van der Waals surface area contributed by atoms with Crippen molar-refractivity contribution in [3.63, 3.8) is 0 Å². The third kappa shape index (κ3) is 5.62. The van der Waals surface area contributed by atoms with Gasteiger partial charge in [0.2, 0.25) is 0 Å². The fourth-order valence-electron chi connectivity index (χ4n) is 2.87. The SMILES string of the molecule is COc1ccc(-[n+]2c(C)[nH]c(=O)c(-c3ccccc3)c2C)cc1.[O-][Cl+3]([O-])([O-])[O-]. The molecule has 3 aromatic rings. The van der Waals surface area contributed by atoms with E-state index in [0.717, 1.165) is 28.5 Å². The van der Waals surface area contributed by atoms with E-state index in [1.807, 2.05) is 73.0 Å². The van der Waals surface area contributed by atoms with Gasteiger partial charge in [-0.15, -0.1) is 10.2 Å². The number of aromatic amines is 1. The third-order valence-corrected chi connectivity index (χ3v) is 3.95. The minimum absolute atomic E-state index is 0.0732. The van der Waals surface area contributed by atoms with Gasteiger partial charge in [-0.3, -0.25) is 0 Å². The summed E-state index contributed by atoms with van der Waals surface area (Å²) in [4.78, 5) is 15.4. The molecule has 3 rings (SSSR count). The first-order valence-electron chi connectivity index (χ1n) is 8.09. The Labute approximate surface area is 163 Å². The first-order valence-corrected chi connectivity index (χ1v) is 9.32. The molecular weight excluding hydrogens is 388 g/mol. The summed E-state index contributed by atoms with van der Waals surface area (Å²) in [6.07, 6.45) is 0. The zero-order valence-electron chi connectivity index (χ0n) is 15.5. The second-order valence-corrected chi connectivity index (χ2v) is 6.53. The first-order chi connectivity index (χ1) is 13.1. The van der Waals surface area contributed by atoms with Gasteiger partial charge in [-0.1, -0.05) is 30.3 Å². The zero-order chi connectivity index (χ0) is 20.9. The number of nitrogens with zero attached hydrogens (tertiary/aromatic N) is 1. The van der Waals surface area contributed by atoms with E-state index in [2.05, 4.69) is 4.98 Å². The van der Waals surface area contributed by atoms with Crippen molar-refractivity contribution >= 4 is 0 Å². The molecule has 148 valence electrons. The fraction of sp³-hybridized carbons (Fsp3) is 0.158. The topological polar surface area (TPSA) is 138 Å². The Morgan fingerprint density at radius 2 is 1.46 bits per heavy atom. The Hall–Kier alpha value is -2.75. The molecular formula is C19H19ClN2O6. The molecule has 0 aliphatic rings. The number of rotatable bonds is 3. The maximum Gasteiger partial charge on any atom is 0.343 e. The predicted octanol–water partition coefficient (Wildman–Crippen LogP) is -1.81. The predicted molar refractivity (Wildman–Crippen MR) is 90.1 cm³/mol. The van der Waals surface area contributed by atoms with E-state index in [0.29, 0.717) is 5.56 Å². The summed E-state index contributed by atoms with van der Waals surface area (Å²) in [7, 11) is -3.30. The van der Waals surface area contributed by atoms with Gasteiger partial charge in [-0.05, 0) is 36.8 Å². The van der Waals surface area contributed by atoms with Gasteiger partial charge in [0.05, 0.1) is 7.11 Å². The number of ether oxygens (including phenoxy) is 1. The van der Waals surface area contributed by atoms with E-state index in [1.165, 1.54) is 0 Å². The van der Waals surface area contributed by atoms with Crippen molar-refractivity contribution in [1.82, 2.24) is 4.98 Å². The molecule has 0 unspecified atom stereocenters. The molecule has 0 amide bonds. The Morgan fingerprint density at radius 1 is 0.929 bits per heavy atom. The normalized spacial score (nSPS) is 10.8. The Balaban J connectivity index is 0.000000500. The van der Waals surface area contributed by atoms with Crippen LogP contribution in [-0.4, -0.2) is 12.1 Å². The smallest absolute Gasteiger partial charge is 0.343 e. The van der Waals surface area contributed by atoms with Crippen molar-refractivity contribution < 1.29 is 38.2 Å². The van der Waals surface area contributed by atoms with Crippen LogP contribution in [0.2, 0.25) is 0 Å². The monoisotopic (exact) mass is 406 g/mol. The van der Waals surface area contributed by atoms with Crippen molar-refractivity contribution in [2.45, 2.75) is 13.8 Å². The highest BCUT2D eigenvalue weighted by Gasteiger charge is 2.20. The summed E-state index contributed by atoms with van der Waals surface area (Å²) < 4.78 is 41.2. The molecule has 0 saturated heterocycles. The lowest BCUT2D eigenvalue weighted by Crippen LogP contribution is -2.68. The number of H-pyrrole nitrogens is 1. The quantitative estimate of drug-likeness (QED) is 0.508. The van der Waals surface area contributed by atoms with Gasteiger partial charge in [0.1, 0.15) is 22.7 Å². The molecule has 0 radical (unpaired) electrons. The summed E-state index contributed by atoms with van der Waals surface area (Å²) in [5.41, 5.74) is 3.41. The van der Waals surface area contributed by atoms with Crippen molar-refractivity contribution in [3.8, 4) is 22.6 Å². The molecule has 0 aliphatic carbocycles. The summed E-state index contributed by atoms with van der Waals surface area (Å²) in [5.74, 6) is 1.59. The molecule has 1 N–H and O–H groups in total. The van der Waals surface area contributed by atoms with Gasteiger partial charge in [0.25, 0.3) is 5.82 Å². The average Bonchev–Trinajstić information content (AvgIpc) is 2.61. The van der Waals surface area contributed by atoms with Gasteiger partial charge in [0, 0.05) is 6.92 Å². The van der Waals surface area contributed by atoms with Crippen LogP contribution < -0.4 is 33.5 Å². The van der Waals surface area contributed by atoms with E-state index in [1.54, 1.807) is 7.11 Å². The van der Waals surface area contributed by atoms with Crippen LogP contribution >= 0.6 is 0 Å². The minimum atomic E-state index is -4.94. The Kier molecular flexibility index (Phi) is 6.90. The second-order valence-electron chi connectivity index (χ2n) is 5.78. The number of hydrogen-bond acceptors (Lipinski definition) is 6. The Bertz CT molecular complexity index is 976. The largest absolute Gasteiger partial charge is 0.497 e. The molecule has 9 heteroatoms. The lowest BCUT2D eigenvalue weighted by atomic mass is 10.1. The summed E-state index contributed by atoms with van der Waals surface area (Å²) in [6.45, 7) is 3.86. The number of halogens is 1. The number of benzene rings is 2. The van der Waals surface area contributed by atoms with Crippen LogP contribution in [0.1, 0.15) is 11.5 Å². The summed E-state index contributed by atoms with van der Waals surface area (Å²) in [6, 6.07) is 17.5. The van der Waals surface area contributed by atoms with Crippen LogP contribution in [0, 0.1) is 24.1 Å². The van der Waals surface area contributed by atoms with Gasteiger partial charge >= 0.3 is 5.56 Å². The average molecular weight is 407 g/mol. The number of methoxy groups -OCH3 is 1. The Morgan fingerprint density at radius 3 is 1.96 bits per heavy atom. The maximum absolute atomic E-state index is 12.5.